The van der Waals surface area contributed by atoms with Crippen molar-refractivity contribution in [1.82, 2.24) is 4.90 Å². The number of hydrogen-bond donors (Lipinski definition) is 0. The maximum atomic E-state index is 14.3. The molecule has 1 saturated heterocycles. The molecular formula is C25H26FN3O4. The molecule has 3 aromatic rings. The smallest absolute Gasteiger partial charge is 0.253 e. The maximum Gasteiger partial charge on any atom is 0.253 e. The van der Waals surface area contributed by atoms with Gasteiger partial charge in [0.2, 0.25) is 0 Å². The van der Waals surface area contributed by atoms with Gasteiger partial charge in [-0.25, -0.2) is 4.39 Å². The molecule has 1 amide bonds. The molecule has 0 spiro atoms. The molecule has 33 heavy (non-hydrogen) atoms. The van der Waals surface area contributed by atoms with Crippen molar-refractivity contribution in [2.75, 3.05) is 56.7 Å². The van der Waals surface area contributed by atoms with Crippen molar-refractivity contribution in [3.05, 3.63) is 69.1 Å². The lowest BCUT2D eigenvalue weighted by Crippen LogP contribution is -2.36. The number of amides is 1. The van der Waals surface area contributed by atoms with Crippen molar-refractivity contribution >= 4 is 28.4 Å². The second kappa shape index (κ2) is 8.51. The van der Waals surface area contributed by atoms with Gasteiger partial charge < -0.3 is 23.9 Å². The molecule has 0 aliphatic carbocycles. The predicted molar refractivity (Wildman–Crippen MR) is 125 cm³/mol. The highest BCUT2D eigenvalue weighted by atomic mass is 19.1. The number of fused-ring (bicyclic) bond motifs is 2. The molecule has 0 unspecified atom stereocenters. The number of ether oxygens (including phenoxy) is 1. The third kappa shape index (κ3) is 3.95. The first-order chi connectivity index (χ1) is 15.9. The van der Waals surface area contributed by atoms with Crippen LogP contribution >= 0.6 is 0 Å². The molecular weight excluding hydrogens is 425 g/mol. The van der Waals surface area contributed by atoms with E-state index in [1.54, 1.807) is 32.3 Å². The minimum Gasteiger partial charge on any atom is -0.440 e. The zero-order valence-electron chi connectivity index (χ0n) is 18.8. The van der Waals surface area contributed by atoms with E-state index in [0.717, 1.165) is 11.3 Å². The van der Waals surface area contributed by atoms with E-state index < -0.39 is 0 Å². The van der Waals surface area contributed by atoms with Crippen LogP contribution in [0.1, 0.15) is 21.5 Å². The molecule has 0 radical (unpaired) electrons. The maximum absolute atomic E-state index is 14.3. The standard InChI is InChI=1S/C25H26FN3O4/c1-27(2)25(31)16-12-17(15-29-7-6-18-20(26)4-3-5-21(18)29)24-19(13-16)22(30)14-23(33-24)28-8-10-32-11-9-28/h3-5,12-14H,6-11,15H2,1-2H3. The molecule has 1 fully saturated rings. The largest absolute Gasteiger partial charge is 0.440 e. The fourth-order valence-corrected chi connectivity index (χ4v) is 4.58. The van der Waals surface area contributed by atoms with E-state index in [1.807, 2.05) is 11.0 Å². The lowest BCUT2D eigenvalue weighted by atomic mass is 10.0. The molecule has 0 bridgehead atoms. The Labute approximate surface area is 190 Å². The lowest BCUT2D eigenvalue weighted by molar-refractivity contribution is 0.0827. The van der Waals surface area contributed by atoms with Gasteiger partial charge >= 0.3 is 0 Å². The number of anilines is 2. The third-order valence-corrected chi connectivity index (χ3v) is 6.30. The Morgan fingerprint density at radius 2 is 1.91 bits per heavy atom. The van der Waals surface area contributed by atoms with Crippen LogP contribution in [0.25, 0.3) is 11.0 Å². The number of benzene rings is 2. The topological polar surface area (TPSA) is 66.2 Å². The van der Waals surface area contributed by atoms with Crippen molar-refractivity contribution in [1.29, 1.82) is 0 Å². The van der Waals surface area contributed by atoms with Crippen LogP contribution in [0.4, 0.5) is 16.0 Å². The van der Waals surface area contributed by atoms with E-state index in [9.17, 15) is 14.0 Å². The van der Waals surface area contributed by atoms with E-state index >= 15 is 0 Å². The highest BCUT2D eigenvalue weighted by Crippen LogP contribution is 2.33. The SMILES string of the molecule is CN(C)C(=O)c1cc(CN2CCc3c(F)cccc32)c2oc(N3CCOCC3)cc(=O)c2c1. The van der Waals surface area contributed by atoms with Crippen LogP contribution in [0.15, 0.2) is 45.6 Å². The van der Waals surface area contributed by atoms with E-state index in [4.69, 9.17) is 9.15 Å². The minimum atomic E-state index is -0.211. The van der Waals surface area contributed by atoms with Gasteiger partial charge in [0.1, 0.15) is 11.4 Å². The Bertz CT molecular complexity index is 1280. The number of rotatable bonds is 4. The van der Waals surface area contributed by atoms with Gasteiger partial charge in [0.15, 0.2) is 11.3 Å². The van der Waals surface area contributed by atoms with Crippen LogP contribution in [-0.2, 0) is 17.7 Å². The number of carbonyl (C=O) groups is 1. The quantitative estimate of drug-likeness (QED) is 0.608. The summed E-state index contributed by atoms with van der Waals surface area (Å²) in [6, 6.07) is 9.95. The molecule has 5 rings (SSSR count). The zero-order chi connectivity index (χ0) is 23.1. The summed E-state index contributed by atoms with van der Waals surface area (Å²) in [4.78, 5) is 31.4. The van der Waals surface area contributed by atoms with Gasteiger partial charge in [-0.2, -0.15) is 0 Å². The molecule has 2 aliphatic heterocycles. The number of nitrogens with zero attached hydrogens (tertiary/aromatic N) is 3. The fraction of sp³-hybridized carbons (Fsp3) is 0.360. The first-order valence-electron chi connectivity index (χ1n) is 11.1. The Morgan fingerprint density at radius 1 is 1.12 bits per heavy atom. The molecule has 0 N–H and O–H groups in total. The summed E-state index contributed by atoms with van der Waals surface area (Å²) >= 11 is 0. The average Bonchev–Trinajstić information content (AvgIpc) is 3.23. The molecule has 1 aromatic heterocycles. The van der Waals surface area contributed by atoms with Crippen LogP contribution in [0.3, 0.4) is 0 Å². The average molecular weight is 451 g/mol. The summed E-state index contributed by atoms with van der Waals surface area (Å²) < 4.78 is 26.0. The van der Waals surface area contributed by atoms with E-state index in [-0.39, 0.29) is 17.2 Å². The summed E-state index contributed by atoms with van der Waals surface area (Å²) in [5, 5.41) is 0.369. The van der Waals surface area contributed by atoms with Gasteiger partial charge in [-0.05, 0) is 30.7 Å². The number of hydrogen-bond acceptors (Lipinski definition) is 6. The van der Waals surface area contributed by atoms with Crippen molar-refractivity contribution in [3.8, 4) is 0 Å². The molecule has 172 valence electrons. The number of morpholine rings is 1. The molecule has 7 nitrogen and oxygen atoms in total. The summed E-state index contributed by atoms with van der Waals surface area (Å²) in [6.07, 6.45) is 0.610. The van der Waals surface area contributed by atoms with Gasteiger partial charge in [0.05, 0.1) is 18.6 Å². The molecule has 0 atom stereocenters. The van der Waals surface area contributed by atoms with E-state index in [1.165, 1.54) is 17.0 Å². The van der Waals surface area contributed by atoms with E-state index in [0.29, 0.717) is 73.8 Å². The normalized spacial score (nSPS) is 15.7. The fourth-order valence-electron chi connectivity index (χ4n) is 4.58. The Hall–Kier alpha value is -3.39. The first kappa shape index (κ1) is 21.5. The van der Waals surface area contributed by atoms with Gasteiger partial charge in [0, 0.05) is 68.7 Å². The Kier molecular flexibility index (Phi) is 5.54. The number of carbonyl (C=O) groups excluding carboxylic acids is 1. The van der Waals surface area contributed by atoms with Crippen LogP contribution in [0, 0.1) is 5.82 Å². The molecule has 2 aromatic carbocycles. The third-order valence-electron chi connectivity index (χ3n) is 6.30. The summed E-state index contributed by atoms with van der Waals surface area (Å²) in [7, 11) is 3.35. The van der Waals surface area contributed by atoms with Crippen molar-refractivity contribution in [2.24, 2.45) is 0 Å². The minimum absolute atomic E-state index is 0.192. The molecule has 3 heterocycles. The second-order valence-corrected chi connectivity index (χ2v) is 8.67. The molecule has 8 heteroatoms. The van der Waals surface area contributed by atoms with Crippen molar-refractivity contribution in [2.45, 2.75) is 13.0 Å². The Morgan fingerprint density at radius 3 is 2.67 bits per heavy atom. The van der Waals surface area contributed by atoms with E-state index in [2.05, 4.69) is 4.90 Å². The summed E-state index contributed by atoms with van der Waals surface area (Å²) in [5.41, 5.74) is 2.94. The summed E-state index contributed by atoms with van der Waals surface area (Å²) in [6.45, 7) is 3.47. The first-order valence-corrected chi connectivity index (χ1v) is 11.1. The lowest BCUT2D eigenvalue weighted by Gasteiger charge is -2.27. The van der Waals surface area contributed by atoms with Crippen LogP contribution < -0.4 is 15.2 Å². The summed E-state index contributed by atoms with van der Waals surface area (Å²) in [5.74, 6) is 0.0943. The second-order valence-electron chi connectivity index (χ2n) is 8.67. The molecule has 0 saturated carbocycles. The van der Waals surface area contributed by atoms with Gasteiger partial charge in [-0.1, -0.05) is 6.07 Å². The van der Waals surface area contributed by atoms with Crippen LogP contribution in [0.5, 0.6) is 0 Å². The number of halogens is 1. The zero-order valence-corrected chi connectivity index (χ0v) is 18.8. The monoisotopic (exact) mass is 451 g/mol. The van der Waals surface area contributed by atoms with Crippen LogP contribution in [-0.4, -0.2) is 57.8 Å². The van der Waals surface area contributed by atoms with Crippen molar-refractivity contribution < 1.29 is 18.3 Å². The van der Waals surface area contributed by atoms with Gasteiger partial charge in [0.25, 0.3) is 5.91 Å². The van der Waals surface area contributed by atoms with Crippen molar-refractivity contribution in [3.63, 3.8) is 0 Å². The predicted octanol–water partition coefficient (Wildman–Crippen LogP) is 3.03. The highest BCUT2D eigenvalue weighted by molar-refractivity contribution is 5.98. The molecule has 2 aliphatic rings. The van der Waals surface area contributed by atoms with Crippen LogP contribution in [0.2, 0.25) is 0 Å². The highest BCUT2D eigenvalue weighted by Gasteiger charge is 2.25. The van der Waals surface area contributed by atoms with Gasteiger partial charge in [-0.15, -0.1) is 0 Å². The Balaban J connectivity index is 1.63. The van der Waals surface area contributed by atoms with Gasteiger partial charge in [-0.3, -0.25) is 9.59 Å².